The van der Waals surface area contributed by atoms with Crippen LogP contribution in [0.2, 0.25) is 0 Å². The van der Waals surface area contributed by atoms with Gasteiger partial charge >= 0.3 is 0 Å². The molecule has 1 rings (SSSR count). The highest BCUT2D eigenvalue weighted by atomic mass is 32.2. The number of hydrogen-bond acceptors (Lipinski definition) is 5. The van der Waals surface area contributed by atoms with Crippen molar-refractivity contribution in [2.24, 2.45) is 5.73 Å². The third kappa shape index (κ3) is 7.19. The molecule has 0 aromatic heterocycles. The van der Waals surface area contributed by atoms with E-state index in [0.29, 0.717) is 25.3 Å². The lowest BCUT2D eigenvalue weighted by Gasteiger charge is -2.08. The summed E-state index contributed by atoms with van der Waals surface area (Å²) < 4.78 is 30.8. The molecule has 0 fully saturated rings. The molecule has 0 aliphatic rings. The molecule has 0 aliphatic heterocycles. The minimum atomic E-state index is -3.57. The van der Waals surface area contributed by atoms with Crippen LogP contribution in [0.15, 0.2) is 24.3 Å². The molecule has 0 heterocycles. The highest BCUT2D eigenvalue weighted by molar-refractivity contribution is 7.88. The molecule has 0 radical (unpaired) electrons. The lowest BCUT2D eigenvalue weighted by molar-refractivity contribution is -0.120. The van der Waals surface area contributed by atoms with Gasteiger partial charge in [-0.3, -0.25) is 4.79 Å². The minimum absolute atomic E-state index is 0.188. The molecule has 4 N–H and O–H groups in total. The molecule has 1 aromatic carbocycles. The molecule has 1 aromatic rings. The Labute approximate surface area is 124 Å². The van der Waals surface area contributed by atoms with E-state index >= 15 is 0 Å². The molecule has 0 saturated carbocycles. The smallest absolute Gasteiger partial charge is 0.235 e. The van der Waals surface area contributed by atoms with Crippen LogP contribution in [0.3, 0.4) is 0 Å². The van der Waals surface area contributed by atoms with Gasteiger partial charge in [0.2, 0.25) is 15.9 Å². The van der Waals surface area contributed by atoms with Crippen molar-refractivity contribution >= 4 is 15.9 Å². The summed E-state index contributed by atoms with van der Waals surface area (Å²) in [6.07, 6.45) is 0. The summed E-state index contributed by atoms with van der Waals surface area (Å²) in [5.74, 6) is -0.585. The van der Waals surface area contributed by atoms with Crippen LogP contribution in [0.4, 0.5) is 0 Å². The van der Waals surface area contributed by atoms with Gasteiger partial charge in [0, 0.05) is 20.2 Å². The summed E-state index contributed by atoms with van der Waals surface area (Å²) in [6.45, 7) is 0.784. The Bertz CT molecular complexity index is 560. The number of hydrogen-bond donors (Lipinski definition) is 3. The quantitative estimate of drug-likeness (QED) is 0.523. The average Bonchev–Trinajstić information content (AvgIpc) is 2.45. The molecule has 0 unspecified atom stereocenters. The fourth-order valence-electron chi connectivity index (χ4n) is 1.65. The Balaban J connectivity index is 2.48. The van der Waals surface area contributed by atoms with Gasteiger partial charge in [-0.1, -0.05) is 24.3 Å². The zero-order valence-electron chi connectivity index (χ0n) is 12.0. The van der Waals surface area contributed by atoms with Gasteiger partial charge in [0.25, 0.3) is 0 Å². The number of carbonyl (C=O) groups excluding carboxylic acids is 1. The molecule has 1 amide bonds. The van der Waals surface area contributed by atoms with Crippen molar-refractivity contribution in [1.29, 1.82) is 0 Å². The van der Waals surface area contributed by atoms with Crippen LogP contribution in [0.25, 0.3) is 0 Å². The van der Waals surface area contributed by atoms with Gasteiger partial charge in [0.1, 0.15) is 0 Å². The van der Waals surface area contributed by atoms with Crippen molar-refractivity contribution in [1.82, 2.24) is 10.0 Å². The van der Waals surface area contributed by atoms with E-state index in [1.54, 1.807) is 18.2 Å². The van der Waals surface area contributed by atoms with Crippen LogP contribution in [0, 0.1) is 0 Å². The maximum atomic E-state index is 11.9. The van der Waals surface area contributed by atoms with E-state index in [9.17, 15) is 13.2 Å². The highest BCUT2D eigenvalue weighted by Gasteiger charge is 2.13. The summed E-state index contributed by atoms with van der Waals surface area (Å²) >= 11 is 0. The van der Waals surface area contributed by atoms with Gasteiger partial charge < -0.3 is 15.8 Å². The molecule has 8 heteroatoms. The predicted molar refractivity (Wildman–Crippen MR) is 79.8 cm³/mol. The third-order valence-electron chi connectivity index (χ3n) is 2.66. The second kappa shape index (κ2) is 8.73. The second-order valence-corrected chi connectivity index (χ2v) is 6.25. The van der Waals surface area contributed by atoms with Crippen LogP contribution in [0.1, 0.15) is 11.1 Å². The van der Waals surface area contributed by atoms with E-state index < -0.39 is 15.9 Å². The molecule has 0 saturated heterocycles. The summed E-state index contributed by atoms with van der Waals surface area (Å²) in [4.78, 5) is 11.4. The van der Waals surface area contributed by atoms with Crippen molar-refractivity contribution in [3.63, 3.8) is 0 Å². The van der Waals surface area contributed by atoms with Crippen LogP contribution < -0.4 is 15.8 Å². The number of nitrogens with two attached hydrogens (primary N) is 1. The molecular weight excluding hydrogens is 294 g/mol. The van der Waals surface area contributed by atoms with Crippen LogP contribution in [-0.2, 0) is 31.9 Å². The van der Waals surface area contributed by atoms with Gasteiger partial charge in [-0.2, -0.15) is 0 Å². The zero-order chi connectivity index (χ0) is 15.7. The molecular formula is C13H21N3O4S. The first-order valence-corrected chi connectivity index (χ1v) is 8.13. The number of benzene rings is 1. The number of sulfonamides is 1. The van der Waals surface area contributed by atoms with Gasteiger partial charge in [-0.25, -0.2) is 13.1 Å². The lowest BCUT2D eigenvalue weighted by atomic mass is 10.1. The van der Waals surface area contributed by atoms with Crippen LogP contribution >= 0.6 is 0 Å². The van der Waals surface area contributed by atoms with Crippen molar-refractivity contribution < 1.29 is 17.9 Å². The van der Waals surface area contributed by atoms with Crippen molar-refractivity contribution in [3.05, 3.63) is 35.4 Å². The van der Waals surface area contributed by atoms with E-state index in [4.69, 9.17) is 10.5 Å². The second-order valence-electron chi connectivity index (χ2n) is 4.45. The first-order chi connectivity index (χ1) is 9.96. The summed E-state index contributed by atoms with van der Waals surface area (Å²) in [5.41, 5.74) is 7.00. The van der Waals surface area contributed by atoms with Gasteiger partial charge in [-0.05, 0) is 11.1 Å². The van der Waals surface area contributed by atoms with Crippen LogP contribution in [-0.4, -0.2) is 41.1 Å². The Morgan fingerprint density at radius 2 is 2.05 bits per heavy atom. The summed E-state index contributed by atoms with van der Waals surface area (Å²) in [6, 6.07) is 7.02. The van der Waals surface area contributed by atoms with E-state index in [2.05, 4.69) is 10.0 Å². The fraction of sp³-hybridized carbons (Fsp3) is 0.462. The molecule has 0 atom stereocenters. The van der Waals surface area contributed by atoms with E-state index in [0.717, 1.165) is 5.56 Å². The van der Waals surface area contributed by atoms with Gasteiger partial charge in [-0.15, -0.1) is 0 Å². The highest BCUT2D eigenvalue weighted by Crippen LogP contribution is 2.08. The molecule has 21 heavy (non-hydrogen) atoms. The van der Waals surface area contributed by atoms with Crippen LogP contribution in [0.5, 0.6) is 0 Å². The molecule has 0 spiro atoms. The number of ether oxygens (including phenoxy) is 1. The normalized spacial score (nSPS) is 11.3. The lowest BCUT2D eigenvalue weighted by Crippen LogP contribution is -2.38. The third-order valence-corrected chi connectivity index (χ3v) is 3.96. The van der Waals surface area contributed by atoms with Gasteiger partial charge in [0.15, 0.2) is 0 Å². The number of nitrogens with one attached hydrogen (secondary N) is 2. The minimum Gasteiger partial charge on any atom is -0.383 e. The number of methoxy groups -OCH3 is 1. The van der Waals surface area contributed by atoms with Crippen molar-refractivity contribution in [3.8, 4) is 0 Å². The number of carbonyl (C=O) groups is 1. The monoisotopic (exact) mass is 315 g/mol. The average molecular weight is 315 g/mol. The predicted octanol–water partition coefficient (Wildman–Crippen LogP) is -0.673. The molecule has 0 bridgehead atoms. The fourth-order valence-corrected chi connectivity index (χ4v) is 2.72. The maximum absolute atomic E-state index is 11.9. The van der Waals surface area contributed by atoms with Gasteiger partial charge in [0.05, 0.1) is 18.9 Å². The Hall–Kier alpha value is -1.48. The van der Waals surface area contributed by atoms with Crippen molar-refractivity contribution in [2.45, 2.75) is 12.3 Å². The molecule has 0 aliphatic carbocycles. The first kappa shape index (κ1) is 17.6. The summed E-state index contributed by atoms with van der Waals surface area (Å²) in [5, 5.41) is 2.53. The first-order valence-electron chi connectivity index (χ1n) is 6.47. The van der Waals surface area contributed by atoms with E-state index in [-0.39, 0.29) is 12.3 Å². The largest absolute Gasteiger partial charge is 0.383 e. The topological polar surface area (TPSA) is 111 Å². The van der Waals surface area contributed by atoms with E-state index in [1.807, 2.05) is 6.07 Å². The standard InChI is InChI=1S/C13H21N3O4S/c1-20-6-5-15-13(17)9-16-21(18,19)10-12-4-2-3-11(7-12)8-14/h2-4,7,16H,5-6,8-10,14H2,1H3,(H,15,17). The Morgan fingerprint density at radius 3 is 2.71 bits per heavy atom. The molecule has 118 valence electrons. The number of amides is 1. The van der Waals surface area contributed by atoms with Crippen molar-refractivity contribution in [2.75, 3.05) is 26.8 Å². The number of rotatable bonds is 9. The zero-order valence-corrected chi connectivity index (χ0v) is 12.8. The molecule has 7 nitrogen and oxygen atoms in total. The van der Waals surface area contributed by atoms with E-state index in [1.165, 1.54) is 7.11 Å². The Morgan fingerprint density at radius 1 is 1.33 bits per heavy atom. The summed E-state index contributed by atoms with van der Waals surface area (Å²) in [7, 11) is -2.05. The maximum Gasteiger partial charge on any atom is 0.235 e. The Kier molecular flexibility index (Phi) is 7.30. The SMILES string of the molecule is COCCNC(=O)CNS(=O)(=O)Cc1cccc(CN)c1.